The van der Waals surface area contributed by atoms with E-state index >= 15 is 0 Å². The van der Waals surface area contributed by atoms with Crippen molar-refractivity contribution in [2.24, 2.45) is 11.1 Å². The minimum absolute atomic E-state index is 0.0564. The van der Waals surface area contributed by atoms with Crippen LogP contribution in [0.3, 0.4) is 0 Å². The fourth-order valence-corrected chi connectivity index (χ4v) is 1.73. The lowest BCUT2D eigenvalue weighted by Crippen LogP contribution is -2.38. The number of hydrogen-bond acceptors (Lipinski definition) is 2. The first-order valence-corrected chi connectivity index (χ1v) is 6.71. The van der Waals surface area contributed by atoms with E-state index in [1.54, 1.807) is 0 Å². The molecule has 0 aliphatic rings. The summed E-state index contributed by atoms with van der Waals surface area (Å²) in [5, 5.41) is 2.31. The Hall–Kier alpha value is -1.27. The zero-order chi connectivity index (χ0) is 16.4. The van der Waals surface area contributed by atoms with Gasteiger partial charge in [0.15, 0.2) is 0 Å². The molecule has 1 unspecified atom stereocenters. The van der Waals surface area contributed by atoms with Crippen LogP contribution < -0.4 is 11.1 Å². The van der Waals surface area contributed by atoms with Gasteiger partial charge in [0, 0.05) is 12.5 Å². The molecule has 0 saturated carbocycles. The molecular weight excluding hydrogens is 305 g/mol. The molecule has 1 aromatic carbocycles. The molecule has 0 bridgehead atoms. The summed E-state index contributed by atoms with van der Waals surface area (Å²) >= 11 is 5.76. The first-order chi connectivity index (χ1) is 9.41. The van der Waals surface area contributed by atoms with Gasteiger partial charge in [0.25, 0.3) is 0 Å². The van der Waals surface area contributed by atoms with Crippen LogP contribution >= 0.6 is 11.6 Å². The fraction of sp³-hybridized carbons (Fsp3) is 0.500. The molecule has 118 valence electrons. The number of nitrogens with two attached hydrogens (primary N) is 1. The lowest BCUT2D eigenvalue weighted by Gasteiger charge is -2.26. The molecule has 0 aliphatic heterocycles. The highest BCUT2D eigenvalue weighted by molar-refractivity contribution is 6.33. The van der Waals surface area contributed by atoms with Gasteiger partial charge in [-0.1, -0.05) is 32.4 Å². The maximum absolute atomic E-state index is 12.5. The van der Waals surface area contributed by atoms with Crippen LogP contribution in [0.2, 0.25) is 5.02 Å². The Balaban J connectivity index is 2.78. The Morgan fingerprint density at radius 3 is 2.33 bits per heavy atom. The summed E-state index contributed by atoms with van der Waals surface area (Å²) < 4.78 is 37.5. The van der Waals surface area contributed by atoms with Crippen LogP contribution in [0.25, 0.3) is 0 Å². The topological polar surface area (TPSA) is 55.1 Å². The minimum Gasteiger partial charge on any atom is -0.327 e. The number of amides is 1. The summed E-state index contributed by atoms with van der Waals surface area (Å²) in [5.74, 6) is -0.390. The van der Waals surface area contributed by atoms with Gasteiger partial charge < -0.3 is 11.1 Å². The molecule has 21 heavy (non-hydrogen) atoms. The predicted molar refractivity (Wildman–Crippen MR) is 77.1 cm³/mol. The molecule has 1 rings (SSSR count). The van der Waals surface area contributed by atoms with E-state index in [1.807, 2.05) is 20.8 Å². The third kappa shape index (κ3) is 5.21. The molecule has 0 aromatic heterocycles. The summed E-state index contributed by atoms with van der Waals surface area (Å²) in [6.07, 6.45) is -4.42. The molecule has 1 amide bonds. The Morgan fingerprint density at radius 2 is 1.90 bits per heavy atom. The second-order valence-corrected chi connectivity index (χ2v) is 6.32. The van der Waals surface area contributed by atoms with Gasteiger partial charge in [-0.15, -0.1) is 0 Å². The van der Waals surface area contributed by atoms with E-state index in [2.05, 4.69) is 5.32 Å². The van der Waals surface area contributed by atoms with Crippen molar-refractivity contribution in [3.63, 3.8) is 0 Å². The average Bonchev–Trinajstić information content (AvgIpc) is 2.29. The Labute approximate surface area is 126 Å². The van der Waals surface area contributed by atoms with Crippen molar-refractivity contribution in [3.05, 3.63) is 28.8 Å². The largest absolute Gasteiger partial charge is 0.416 e. The lowest BCUT2D eigenvalue weighted by atomic mass is 9.85. The molecule has 0 radical (unpaired) electrons. The van der Waals surface area contributed by atoms with Crippen LogP contribution in [0, 0.1) is 5.41 Å². The molecule has 0 aliphatic carbocycles. The van der Waals surface area contributed by atoms with E-state index in [0.29, 0.717) is 0 Å². The Morgan fingerprint density at radius 1 is 1.33 bits per heavy atom. The number of rotatable bonds is 3. The Bertz CT molecular complexity index is 524. The quantitative estimate of drug-likeness (QED) is 0.881. The van der Waals surface area contributed by atoms with E-state index in [9.17, 15) is 18.0 Å². The van der Waals surface area contributed by atoms with E-state index in [1.165, 1.54) is 0 Å². The molecule has 0 saturated heterocycles. The molecule has 7 heteroatoms. The van der Waals surface area contributed by atoms with Crippen LogP contribution in [-0.4, -0.2) is 11.9 Å². The van der Waals surface area contributed by atoms with Gasteiger partial charge in [-0.2, -0.15) is 13.2 Å². The van der Waals surface area contributed by atoms with Gasteiger partial charge in [0.05, 0.1) is 16.3 Å². The van der Waals surface area contributed by atoms with E-state index < -0.39 is 11.7 Å². The van der Waals surface area contributed by atoms with E-state index in [0.717, 1.165) is 18.2 Å². The van der Waals surface area contributed by atoms with Crippen molar-refractivity contribution >= 4 is 23.2 Å². The lowest BCUT2D eigenvalue weighted by molar-refractivity contribution is -0.137. The van der Waals surface area contributed by atoms with Crippen LogP contribution in [-0.2, 0) is 11.0 Å². The average molecular weight is 323 g/mol. The van der Waals surface area contributed by atoms with Crippen LogP contribution in [0.1, 0.15) is 32.8 Å². The molecule has 0 heterocycles. The second kappa shape index (κ2) is 6.23. The molecule has 0 fully saturated rings. The molecule has 0 spiro atoms. The monoisotopic (exact) mass is 322 g/mol. The molecular formula is C14H18ClF3N2O. The first-order valence-electron chi connectivity index (χ1n) is 6.33. The molecule has 1 atom stereocenters. The molecule has 3 N–H and O–H groups in total. The van der Waals surface area contributed by atoms with E-state index in [-0.39, 0.29) is 34.5 Å². The summed E-state index contributed by atoms with van der Waals surface area (Å²) in [5.41, 5.74) is 4.90. The number of nitrogens with one attached hydrogen (secondary N) is 1. The summed E-state index contributed by atoms with van der Waals surface area (Å²) in [7, 11) is 0. The van der Waals surface area contributed by atoms with Crippen molar-refractivity contribution in [2.75, 3.05) is 5.32 Å². The SMILES string of the molecule is CC(C)(C)C(N)CC(=O)Nc1ccc(C(F)(F)F)cc1Cl. The number of anilines is 1. The third-order valence-electron chi connectivity index (χ3n) is 3.09. The van der Waals surface area contributed by atoms with Gasteiger partial charge >= 0.3 is 6.18 Å². The highest BCUT2D eigenvalue weighted by atomic mass is 35.5. The van der Waals surface area contributed by atoms with Crippen molar-refractivity contribution in [1.82, 2.24) is 0 Å². The van der Waals surface area contributed by atoms with Crippen molar-refractivity contribution in [3.8, 4) is 0 Å². The predicted octanol–water partition coefficient (Wildman–Crippen LogP) is 4.06. The number of benzene rings is 1. The minimum atomic E-state index is -4.47. The van der Waals surface area contributed by atoms with Crippen molar-refractivity contribution in [1.29, 1.82) is 0 Å². The number of hydrogen-bond donors (Lipinski definition) is 2. The number of carbonyl (C=O) groups excluding carboxylic acids is 1. The van der Waals surface area contributed by atoms with Gasteiger partial charge in [-0.3, -0.25) is 4.79 Å². The molecule has 3 nitrogen and oxygen atoms in total. The number of alkyl halides is 3. The highest BCUT2D eigenvalue weighted by Crippen LogP contribution is 2.33. The van der Waals surface area contributed by atoms with Gasteiger partial charge in [-0.25, -0.2) is 0 Å². The second-order valence-electron chi connectivity index (χ2n) is 5.92. The van der Waals surface area contributed by atoms with Gasteiger partial charge in [0.2, 0.25) is 5.91 Å². The van der Waals surface area contributed by atoms with Crippen LogP contribution in [0.4, 0.5) is 18.9 Å². The van der Waals surface area contributed by atoms with Crippen LogP contribution in [0.5, 0.6) is 0 Å². The Kier molecular flexibility index (Phi) is 5.28. The fourth-order valence-electron chi connectivity index (χ4n) is 1.50. The van der Waals surface area contributed by atoms with E-state index in [4.69, 9.17) is 17.3 Å². The first kappa shape index (κ1) is 17.8. The highest BCUT2D eigenvalue weighted by Gasteiger charge is 2.31. The number of halogens is 4. The smallest absolute Gasteiger partial charge is 0.327 e. The molecule has 1 aromatic rings. The van der Waals surface area contributed by atoms with Gasteiger partial charge in [0.1, 0.15) is 0 Å². The van der Waals surface area contributed by atoms with Crippen molar-refractivity contribution in [2.45, 2.75) is 39.4 Å². The summed E-state index contributed by atoms with van der Waals surface area (Å²) in [4.78, 5) is 11.8. The maximum Gasteiger partial charge on any atom is 0.416 e. The van der Waals surface area contributed by atoms with Crippen LogP contribution in [0.15, 0.2) is 18.2 Å². The standard InChI is InChI=1S/C14H18ClF3N2O/c1-13(2,3)11(19)7-12(21)20-10-5-4-8(6-9(10)15)14(16,17)18/h4-6,11H,7,19H2,1-3H3,(H,20,21). The maximum atomic E-state index is 12.5. The zero-order valence-electron chi connectivity index (χ0n) is 12.0. The summed E-state index contributed by atoms with van der Waals surface area (Å²) in [6, 6.07) is 2.41. The normalized spacial score (nSPS) is 13.9. The van der Waals surface area contributed by atoms with Gasteiger partial charge in [-0.05, 0) is 23.6 Å². The van der Waals surface area contributed by atoms with Crippen molar-refractivity contribution < 1.29 is 18.0 Å². The summed E-state index contributed by atoms with van der Waals surface area (Å²) in [6.45, 7) is 5.70. The number of carbonyl (C=O) groups is 1. The third-order valence-corrected chi connectivity index (χ3v) is 3.40. The zero-order valence-corrected chi connectivity index (χ0v) is 12.8.